The highest BCUT2D eigenvalue weighted by atomic mass is 16.5. The van der Waals surface area contributed by atoms with E-state index in [2.05, 4.69) is 150 Å². The third-order valence-corrected chi connectivity index (χ3v) is 12.5. The van der Waals surface area contributed by atoms with E-state index in [0.29, 0.717) is 0 Å². The Morgan fingerprint density at radius 1 is 0.585 bits per heavy atom. The highest BCUT2D eigenvalue weighted by molar-refractivity contribution is 6.10. The lowest BCUT2D eigenvalue weighted by atomic mass is 9.66. The van der Waals surface area contributed by atoms with Crippen LogP contribution in [-0.2, 0) is 11.0 Å². The lowest BCUT2D eigenvalue weighted by molar-refractivity contribution is 0.163. The Balaban J connectivity index is 1.14. The van der Waals surface area contributed by atoms with Gasteiger partial charge in [0, 0.05) is 44.0 Å². The number of methoxy groups -OCH3 is 1. The topological polar surface area (TPSA) is 23.4 Å². The molecular weight excluding hydrogens is 647 g/mol. The average molecular weight is 686 g/mol. The fourth-order valence-corrected chi connectivity index (χ4v) is 10.2. The van der Waals surface area contributed by atoms with Crippen LogP contribution in [0.2, 0.25) is 0 Å². The Morgan fingerprint density at radius 2 is 1.17 bits per heavy atom. The molecule has 1 saturated carbocycles. The van der Waals surface area contributed by atoms with Crippen LogP contribution in [0.25, 0.3) is 55.5 Å². The second-order valence-corrected chi connectivity index (χ2v) is 15.0. The molecule has 8 aromatic rings. The van der Waals surface area contributed by atoms with Gasteiger partial charge in [0.1, 0.15) is 11.5 Å². The van der Waals surface area contributed by atoms with Crippen molar-refractivity contribution in [2.45, 2.75) is 43.1 Å². The van der Waals surface area contributed by atoms with Crippen molar-refractivity contribution in [1.29, 1.82) is 0 Å². The van der Waals surface area contributed by atoms with Crippen LogP contribution in [0.5, 0.6) is 11.5 Å². The van der Waals surface area contributed by atoms with E-state index in [4.69, 9.17) is 9.47 Å². The highest BCUT2D eigenvalue weighted by Gasteiger charge is 2.48. The van der Waals surface area contributed by atoms with E-state index in [1.54, 1.807) is 7.11 Å². The number of aromatic nitrogens is 1. The fraction of sp³-hybridized carbons (Fsp3) is 0.160. The van der Waals surface area contributed by atoms with E-state index in [9.17, 15) is 0 Å². The largest absolute Gasteiger partial charge is 0.497 e. The number of ether oxygens (including phenoxy) is 2. The molecule has 1 aliphatic heterocycles. The van der Waals surface area contributed by atoms with Crippen molar-refractivity contribution in [3.05, 3.63) is 179 Å². The van der Waals surface area contributed by atoms with Gasteiger partial charge >= 0.3 is 0 Å². The number of rotatable bonds is 4. The van der Waals surface area contributed by atoms with E-state index < -0.39 is 5.60 Å². The third-order valence-electron chi connectivity index (χ3n) is 12.5. The normalized spacial score (nSPS) is 18.2. The lowest BCUT2D eigenvalue weighted by Gasteiger charge is -2.41. The third kappa shape index (κ3) is 4.22. The zero-order chi connectivity index (χ0) is 35.1. The molecule has 0 saturated heterocycles. The maximum absolute atomic E-state index is 7.67. The van der Waals surface area contributed by atoms with Gasteiger partial charge in [-0.05, 0) is 83.0 Å². The first-order valence-corrected chi connectivity index (χ1v) is 19.0. The van der Waals surface area contributed by atoms with Crippen LogP contribution in [0.3, 0.4) is 0 Å². The van der Waals surface area contributed by atoms with Crippen LogP contribution in [0.4, 0.5) is 0 Å². The summed E-state index contributed by atoms with van der Waals surface area (Å²) in [5, 5.41) is 4.95. The molecule has 2 aliphatic carbocycles. The summed E-state index contributed by atoms with van der Waals surface area (Å²) in [6, 6.07) is 52.9. The standard InChI is InChI=1S/C50H39NO2/c1-52-36-27-23-34(24-28-36)50(33-21-25-35(26-22-33)51-44-19-9-6-13-37(44)38-14-7-10-20-45(38)51)32-29-42-47-46(39-15-3-4-16-40(39)48(42)53-50)41-17-5-8-18-43(41)49(47)30-11-2-12-31-49/h3-10,13-29,32H,2,11-12,30-31H2,1H3. The van der Waals surface area contributed by atoms with Crippen molar-refractivity contribution in [2.75, 3.05) is 7.11 Å². The Hall–Kier alpha value is -6.06. The van der Waals surface area contributed by atoms with Crippen molar-refractivity contribution in [3.63, 3.8) is 0 Å². The summed E-state index contributed by atoms with van der Waals surface area (Å²) in [6.45, 7) is 0. The van der Waals surface area contributed by atoms with Crippen molar-refractivity contribution in [3.8, 4) is 28.3 Å². The molecule has 3 heteroatoms. The van der Waals surface area contributed by atoms with Gasteiger partial charge in [0.2, 0.25) is 0 Å². The Bertz CT molecular complexity index is 2710. The van der Waals surface area contributed by atoms with Crippen molar-refractivity contribution in [1.82, 2.24) is 4.57 Å². The van der Waals surface area contributed by atoms with Crippen LogP contribution in [0.1, 0.15) is 59.9 Å². The monoisotopic (exact) mass is 685 g/mol. The maximum atomic E-state index is 7.67. The van der Waals surface area contributed by atoms with Crippen molar-refractivity contribution in [2.24, 2.45) is 0 Å². The smallest absolute Gasteiger partial charge is 0.178 e. The summed E-state index contributed by atoms with van der Waals surface area (Å²) >= 11 is 0. The minimum atomic E-state index is -0.860. The lowest BCUT2D eigenvalue weighted by Crippen LogP contribution is -2.35. The van der Waals surface area contributed by atoms with Gasteiger partial charge in [-0.15, -0.1) is 0 Å². The van der Waals surface area contributed by atoms with Crippen LogP contribution < -0.4 is 9.47 Å². The van der Waals surface area contributed by atoms with E-state index >= 15 is 0 Å². The van der Waals surface area contributed by atoms with Gasteiger partial charge < -0.3 is 14.0 Å². The molecule has 11 rings (SSSR count). The molecule has 3 aliphatic rings. The molecule has 0 radical (unpaired) electrons. The second kappa shape index (κ2) is 11.5. The first-order chi connectivity index (χ1) is 26.2. The van der Waals surface area contributed by atoms with Gasteiger partial charge in [0.05, 0.1) is 18.1 Å². The highest BCUT2D eigenvalue weighted by Crippen LogP contribution is 2.62. The first-order valence-electron chi connectivity index (χ1n) is 19.0. The molecule has 0 bridgehead atoms. The number of benzene rings is 7. The molecule has 7 aromatic carbocycles. The molecule has 1 unspecified atom stereocenters. The van der Waals surface area contributed by atoms with E-state index in [1.807, 2.05) is 12.1 Å². The number of fused-ring (bicyclic) bond motifs is 13. The molecule has 0 amide bonds. The Morgan fingerprint density at radius 3 is 1.85 bits per heavy atom. The predicted molar refractivity (Wildman–Crippen MR) is 217 cm³/mol. The van der Waals surface area contributed by atoms with E-state index in [0.717, 1.165) is 33.7 Å². The predicted octanol–water partition coefficient (Wildman–Crippen LogP) is 12.5. The summed E-state index contributed by atoms with van der Waals surface area (Å²) in [6.07, 6.45) is 10.8. The molecule has 1 fully saturated rings. The van der Waals surface area contributed by atoms with Gasteiger partial charge in [0.15, 0.2) is 5.60 Å². The Labute approximate surface area is 309 Å². The number of hydrogen-bond acceptors (Lipinski definition) is 2. The second-order valence-electron chi connectivity index (χ2n) is 15.0. The fourth-order valence-electron chi connectivity index (χ4n) is 10.2. The van der Waals surface area contributed by atoms with Crippen LogP contribution in [0, 0.1) is 0 Å². The van der Waals surface area contributed by atoms with E-state index in [-0.39, 0.29) is 5.41 Å². The van der Waals surface area contributed by atoms with Gasteiger partial charge in [0.25, 0.3) is 0 Å². The van der Waals surface area contributed by atoms with Crippen molar-refractivity contribution >= 4 is 38.7 Å². The summed E-state index contributed by atoms with van der Waals surface area (Å²) in [5.41, 5.74) is 11.8. The number of hydrogen-bond donors (Lipinski definition) is 0. The van der Waals surface area contributed by atoms with Gasteiger partial charge in [-0.25, -0.2) is 0 Å². The van der Waals surface area contributed by atoms with Crippen LogP contribution in [-0.4, -0.2) is 11.7 Å². The zero-order valence-electron chi connectivity index (χ0n) is 29.8. The SMILES string of the molecule is COc1ccc(C2(c3ccc(-n4c5ccccc5c5ccccc54)cc3)C=Cc3c4c(c5ccccc5c3O2)-c2ccccc2C42CCCCC2)cc1. The van der Waals surface area contributed by atoms with Gasteiger partial charge in [-0.3, -0.25) is 0 Å². The van der Waals surface area contributed by atoms with Crippen LogP contribution in [0.15, 0.2) is 152 Å². The first kappa shape index (κ1) is 30.6. The molecule has 0 N–H and O–H groups in total. The summed E-state index contributed by atoms with van der Waals surface area (Å²) in [4.78, 5) is 0. The summed E-state index contributed by atoms with van der Waals surface area (Å²) < 4.78 is 15.7. The van der Waals surface area contributed by atoms with Gasteiger partial charge in [-0.1, -0.05) is 135 Å². The summed E-state index contributed by atoms with van der Waals surface area (Å²) in [7, 11) is 1.72. The Kier molecular flexibility index (Phi) is 6.61. The average Bonchev–Trinajstić information content (AvgIpc) is 3.71. The molecule has 1 atom stereocenters. The van der Waals surface area contributed by atoms with Crippen molar-refractivity contribution < 1.29 is 9.47 Å². The molecule has 53 heavy (non-hydrogen) atoms. The van der Waals surface area contributed by atoms with Gasteiger partial charge in [-0.2, -0.15) is 0 Å². The molecular formula is C50H39NO2. The molecule has 2 heterocycles. The number of para-hydroxylation sites is 2. The molecule has 1 spiro atoms. The molecule has 3 nitrogen and oxygen atoms in total. The van der Waals surface area contributed by atoms with E-state index in [1.165, 1.54) is 87.1 Å². The molecule has 256 valence electrons. The maximum Gasteiger partial charge on any atom is 0.178 e. The van der Waals surface area contributed by atoms with Crippen LogP contribution >= 0.6 is 0 Å². The summed E-state index contributed by atoms with van der Waals surface area (Å²) in [5.74, 6) is 1.80. The minimum absolute atomic E-state index is 0.00390. The minimum Gasteiger partial charge on any atom is -0.497 e. The quantitative estimate of drug-likeness (QED) is 0.184. The number of nitrogens with zero attached hydrogens (tertiary/aromatic N) is 1. The molecule has 1 aromatic heterocycles. The zero-order valence-corrected chi connectivity index (χ0v) is 29.8.